The van der Waals surface area contributed by atoms with Gasteiger partial charge in [-0.15, -0.1) is 0 Å². The Balaban J connectivity index is 1.80. The topological polar surface area (TPSA) is 78.1 Å². The van der Waals surface area contributed by atoms with Crippen molar-refractivity contribution in [3.63, 3.8) is 0 Å². The molecule has 0 aliphatic carbocycles. The summed E-state index contributed by atoms with van der Waals surface area (Å²) >= 11 is 0. The Bertz CT molecular complexity index is 834. The Morgan fingerprint density at radius 1 is 1.22 bits per heavy atom. The van der Waals surface area contributed by atoms with E-state index in [1.54, 1.807) is 6.92 Å². The Hall–Kier alpha value is -3.09. The third-order valence-corrected chi connectivity index (χ3v) is 2.94. The van der Waals surface area contributed by atoms with E-state index in [-0.39, 0.29) is 29.4 Å². The predicted molar refractivity (Wildman–Crippen MR) is 77.8 cm³/mol. The third kappa shape index (κ3) is 3.76. The highest BCUT2D eigenvalue weighted by Gasteiger charge is 2.14. The summed E-state index contributed by atoms with van der Waals surface area (Å²) in [6.07, 6.45) is 5.64. The number of hydrogen-bond donors (Lipinski definition) is 0. The summed E-state index contributed by atoms with van der Waals surface area (Å²) in [6.45, 7) is 1.76. The van der Waals surface area contributed by atoms with E-state index >= 15 is 0 Å². The molecule has 2 aromatic heterocycles. The van der Waals surface area contributed by atoms with Gasteiger partial charge in [0.2, 0.25) is 5.89 Å². The van der Waals surface area contributed by atoms with Crippen LogP contribution in [0.4, 0.5) is 4.39 Å². The van der Waals surface area contributed by atoms with Crippen LogP contribution in [0.5, 0.6) is 11.5 Å². The number of rotatable bonds is 5. The van der Waals surface area contributed by atoms with E-state index in [0.29, 0.717) is 11.4 Å². The molecule has 6 nitrogen and oxygen atoms in total. The maximum Gasteiger partial charge on any atom is 0.202 e. The molecule has 1 aromatic carbocycles. The van der Waals surface area contributed by atoms with Gasteiger partial charge in [-0.05, 0) is 19.1 Å². The minimum absolute atomic E-state index is 0.0504. The van der Waals surface area contributed by atoms with Gasteiger partial charge in [0.05, 0.1) is 24.5 Å². The molecular formula is C16H12FN3O3. The van der Waals surface area contributed by atoms with Gasteiger partial charge >= 0.3 is 0 Å². The number of Topliss-reactive ketones (excluding diaryl/α,β-unsaturated/α-hetero) is 1. The number of oxazole rings is 1. The zero-order chi connectivity index (χ0) is 16.2. The molecule has 0 bridgehead atoms. The molecule has 0 aliphatic rings. The van der Waals surface area contributed by atoms with Crippen LogP contribution in [0.1, 0.15) is 21.9 Å². The molecule has 0 radical (unpaired) electrons. The van der Waals surface area contributed by atoms with Crippen LogP contribution >= 0.6 is 0 Å². The second-order valence-corrected chi connectivity index (χ2v) is 4.83. The number of carbonyl (C=O) groups excluding carboxylic acids is 1. The summed E-state index contributed by atoms with van der Waals surface area (Å²) in [7, 11) is 0. The summed E-state index contributed by atoms with van der Waals surface area (Å²) in [5, 5.41) is 0. The third-order valence-electron chi connectivity index (χ3n) is 2.94. The van der Waals surface area contributed by atoms with Crippen molar-refractivity contribution in [3.05, 3.63) is 66.1 Å². The smallest absolute Gasteiger partial charge is 0.202 e. The molecule has 2 heterocycles. The quantitative estimate of drug-likeness (QED) is 0.673. The van der Waals surface area contributed by atoms with Crippen molar-refractivity contribution in [2.24, 2.45) is 0 Å². The minimum atomic E-state index is -0.578. The second kappa shape index (κ2) is 6.35. The van der Waals surface area contributed by atoms with Gasteiger partial charge in [0.15, 0.2) is 11.5 Å². The summed E-state index contributed by atoms with van der Waals surface area (Å²) in [4.78, 5) is 23.9. The van der Waals surface area contributed by atoms with Crippen LogP contribution in [0.3, 0.4) is 0 Å². The van der Waals surface area contributed by atoms with Crippen molar-refractivity contribution < 1.29 is 18.3 Å². The van der Waals surface area contributed by atoms with Gasteiger partial charge in [0.25, 0.3) is 0 Å². The summed E-state index contributed by atoms with van der Waals surface area (Å²) in [6, 6.07) is 3.78. The fourth-order valence-corrected chi connectivity index (χ4v) is 1.98. The van der Waals surface area contributed by atoms with Crippen molar-refractivity contribution in [3.8, 4) is 11.5 Å². The Morgan fingerprint density at radius 3 is 2.70 bits per heavy atom. The van der Waals surface area contributed by atoms with Gasteiger partial charge < -0.3 is 9.15 Å². The average molecular weight is 313 g/mol. The first-order chi connectivity index (χ1) is 11.1. The molecule has 0 aliphatic heterocycles. The van der Waals surface area contributed by atoms with E-state index in [1.807, 2.05) is 0 Å². The summed E-state index contributed by atoms with van der Waals surface area (Å²) < 4.78 is 24.3. The lowest BCUT2D eigenvalue weighted by Gasteiger charge is -2.07. The normalized spacial score (nSPS) is 10.5. The van der Waals surface area contributed by atoms with Gasteiger partial charge in [0.1, 0.15) is 24.2 Å². The first-order valence-corrected chi connectivity index (χ1v) is 6.78. The van der Waals surface area contributed by atoms with E-state index in [0.717, 1.165) is 6.07 Å². The molecule has 116 valence electrons. The lowest BCUT2D eigenvalue weighted by molar-refractivity contribution is 0.0984. The molecule has 0 amide bonds. The number of carbonyl (C=O) groups is 1. The van der Waals surface area contributed by atoms with E-state index in [9.17, 15) is 9.18 Å². The summed E-state index contributed by atoms with van der Waals surface area (Å²) in [5.74, 6) is -0.0750. The number of hydrogen-bond acceptors (Lipinski definition) is 6. The van der Waals surface area contributed by atoms with Crippen LogP contribution in [-0.2, 0) is 6.42 Å². The zero-order valence-electron chi connectivity index (χ0n) is 12.2. The van der Waals surface area contributed by atoms with Gasteiger partial charge in [0, 0.05) is 11.6 Å². The van der Waals surface area contributed by atoms with E-state index in [1.165, 1.54) is 37.1 Å². The maximum absolute atomic E-state index is 13.7. The first kappa shape index (κ1) is 14.8. The maximum atomic E-state index is 13.7. The van der Waals surface area contributed by atoms with Crippen LogP contribution in [0, 0.1) is 12.7 Å². The molecule has 0 atom stereocenters. The lowest BCUT2D eigenvalue weighted by atomic mass is 10.1. The van der Waals surface area contributed by atoms with E-state index in [2.05, 4.69) is 15.0 Å². The van der Waals surface area contributed by atoms with Gasteiger partial charge in [-0.1, -0.05) is 0 Å². The van der Waals surface area contributed by atoms with Gasteiger partial charge in [-0.25, -0.2) is 19.3 Å². The van der Waals surface area contributed by atoms with Gasteiger partial charge in [-0.2, -0.15) is 0 Å². The van der Waals surface area contributed by atoms with Crippen molar-refractivity contribution in [2.45, 2.75) is 13.3 Å². The fourth-order valence-electron chi connectivity index (χ4n) is 1.98. The van der Waals surface area contributed by atoms with Crippen LogP contribution in [0.15, 0.2) is 47.6 Å². The lowest BCUT2D eigenvalue weighted by Crippen LogP contribution is -2.05. The molecular weight excluding hydrogens is 301 g/mol. The number of nitrogens with zero attached hydrogens (tertiary/aromatic N) is 3. The number of ether oxygens (including phenoxy) is 1. The SMILES string of the molecule is Cc1coc(CC(=O)c2cc(F)cc(Oc3cncnc3)c2)n1. The number of aromatic nitrogens is 3. The number of ketones is 1. The monoisotopic (exact) mass is 313 g/mol. The molecule has 0 unspecified atom stereocenters. The molecule has 0 spiro atoms. The molecule has 0 saturated heterocycles. The van der Waals surface area contributed by atoms with Crippen LogP contribution < -0.4 is 4.74 Å². The summed E-state index contributed by atoms with van der Waals surface area (Å²) in [5.41, 5.74) is 0.854. The van der Waals surface area contributed by atoms with Crippen LogP contribution in [-0.4, -0.2) is 20.7 Å². The Kier molecular flexibility index (Phi) is 4.09. The highest BCUT2D eigenvalue weighted by molar-refractivity contribution is 5.97. The van der Waals surface area contributed by atoms with Crippen molar-refractivity contribution in [2.75, 3.05) is 0 Å². The molecule has 23 heavy (non-hydrogen) atoms. The standard InChI is InChI=1S/C16H12FN3O3/c1-10-8-22-16(20-10)5-15(21)11-2-12(17)4-13(3-11)23-14-6-18-9-19-7-14/h2-4,6-9H,5H2,1H3. The number of aryl methyl sites for hydroxylation is 1. The highest BCUT2D eigenvalue weighted by atomic mass is 19.1. The number of benzene rings is 1. The molecule has 3 rings (SSSR count). The Labute approximate surface area is 131 Å². The van der Waals surface area contributed by atoms with Crippen LogP contribution in [0.25, 0.3) is 0 Å². The van der Waals surface area contributed by atoms with Gasteiger partial charge in [-0.3, -0.25) is 4.79 Å². The van der Waals surface area contributed by atoms with E-state index in [4.69, 9.17) is 9.15 Å². The predicted octanol–water partition coefficient (Wildman–Crippen LogP) is 3.13. The Morgan fingerprint density at radius 2 is 2.00 bits per heavy atom. The zero-order valence-corrected chi connectivity index (χ0v) is 12.2. The molecule has 7 heteroatoms. The van der Waals surface area contributed by atoms with Crippen molar-refractivity contribution in [1.29, 1.82) is 0 Å². The number of halogens is 1. The molecule has 3 aromatic rings. The molecule has 0 N–H and O–H groups in total. The van der Waals surface area contributed by atoms with Crippen molar-refractivity contribution in [1.82, 2.24) is 15.0 Å². The second-order valence-electron chi connectivity index (χ2n) is 4.83. The highest BCUT2D eigenvalue weighted by Crippen LogP contribution is 2.23. The molecule has 0 saturated carbocycles. The fraction of sp³-hybridized carbons (Fsp3) is 0.125. The van der Waals surface area contributed by atoms with E-state index < -0.39 is 5.82 Å². The first-order valence-electron chi connectivity index (χ1n) is 6.78. The van der Waals surface area contributed by atoms with Crippen molar-refractivity contribution >= 4 is 5.78 Å². The average Bonchev–Trinajstić information content (AvgIpc) is 2.93. The molecule has 0 fully saturated rings. The largest absolute Gasteiger partial charge is 0.454 e. The minimum Gasteiger partial charge on any atom is -0.454 e. The van der Waals surface area contributed by atoms with Crippen LogP contribution in [0.2, 0.25) is 0 Å².